The lowest BCUT2D eigenvalue weighted by atomic mass is 10.1. The van der Waals surface area contributed by atoms with Crippen molar-refractivity contribution in [2.75, 3.05) is 31.1 Å². The van der Waals surface area contributed by atoms with Crippen LogP contribution in [-0.4, -0.2) is 47.0 Å². The molecule has 2 aromatic heterocycles. The third-order valence-electron chi connectivity index (χ3n) is 4.39. The molecule has 4 rings (SSSR count). The van der Waals surface area contributed by atoms with Crippen LogP contribution in [0.1, 0.15) is 10.4 Å². The van der Waals surface area contributed by atoms with E-state index in [1.807, 2.05) is 53.4 Å². The van der Waals surface area contributed by atoms with Gasteiger partial charge in [-0.2, -0.15) is 0 Å². The molecule has 1 saturated heterocycles. The fraction of sp³-hybridized carbons (Fsp3) is 0.211. The molecule has 0 N–H and O–H groups in total. The molecule has 1 amide bonds. The van der Waals surface area contributed by atoms with Crippen molar-refractivity contribution in [2.24, 2.45) is 0 Å². The molecule has 0 radical (unpaired) electrons. The minimum Gasteiger partial charge on any atom is -0.353 e. The van der Waals surface area contributed by atoms with E-state index in [1.165, 1.54) is 0 Å². The topological polar surface area (TPSA) is 49.3 Å². The monoisotopic (exact) mass is 318 g/mol. The Kier molecular flexibility index (Phi) is 3.83. The van der Waals surface area contributed by atoms with E-state index in [0.29, 0.717) is 13.1 Å². The van der Waals surface area contributed by atoms with Crippen LogP contribution in [0.15, 0.2) is 60.9 Å². The highest BCUT2D eigenvalue weighted by atomic mass is 16.2. The van der Waals surface area contributed by atoms with Gasteiger partial charge in [-0.25, -0.2) is 4.98 Å². The molecule has 0 aliphatic carbocycles. The van der Waals surface area contributed by atoms with Crippen LogP contribution in [0.3, 0.4) is 0 Å². The zero-order valence-corrected chi connectivity index (χ0v) is 13.3. The Hall–Kier alpha value is -2.95. The lowest BCUT2D eigenvalue weighted by Gasteiger charge is -2.35. The lowest BCUT2D eigenvalue weighted by molar-refractivity contribution is 0.0746. The molecule has 5 heteroatoms. The van der Waals surface area contributed by atoms with Crippen molar-refractivity contribution in [3.8, 4) is 0 Å². The quantitative estimate of drug-likeness (QED) is 0.729. The molecule has 120 valence electrons. The van der Waals surface area contributed by atoms with Crippen LogP contribution in [0.2, 0.25) is 0 Å². The summed E-state index contributed by atoms with van der Waals surface area (Å²) in [5.74, 6) is 1.06. The van der Waals surface area contributed by atoms with Crippen LogP contribution >= 0.6 is 0 Å². The summed E-state index contributed by atoms with van der Waals surface area (Å²) >= 11 is 0. The molecule has 3 heterocycles. The van der Waals surface area contributed by atoms with Crippen molar-refractivity contribution < 1.29 is 4.79 Å². The molecule has 0 atom stereocenters. The average molecular weight is 318 g/mol. The van der Waals surface area contributed by atoms with E-state index in [4.69, 9.17) is 0 Å². The molecular weight excluding hydrogens is 300 g/mol. The van der Waals surface area contributed by atoms with Gasteiger partial charge in [-0.3, -0.25) is 9.78 Å². The predicted molar refractivity (Wildman–Crippen MR) is 94.1 cm³/mol. The third-order valence-corrected chi connectivity index (χ3v) is 4.39. The van der Waals surface area contributed by atoms with Gasteiger partial charge in [-0.1, -0.05) is 12.1 Å². The van der Waals surface area contributed by atoms with Crippen LogP contribution in [-0.2, 0) is 0 Å². The summed E-state index contributed by atoms with van der Waals surface area (Å²) in [4.78, 5) is 25.6. The van der Waals surface area contributed by atoms with Crippen molar-refractivity contribution in [1.82, 2.24) is 14.9 Å². The molecule has 5 nitrogen and oxygen atoms in total. The second kappa shape index (κ2) is 6.28. The second-order valence-corrected chi connectivity index (χ2v) is 5.88. The normalized spacial score (nSPS) is 14.8. The van der Waals surface area contributed by atoms with E-state index in [-0.39, 0.29) is 5.91 Å². The molecule has 1 aliphatic rings. The smallest absolute Gasteiger partial charge is 0.253 e. The summed E-state index contributed by atoms with van der Waals surface area (Å²) in [6.45, 7) is 3.02. The highest BCUT2D eigenvalue weighted by Gasteiger charge is 2.22. The zero-order chi connectivity index (χ0) is 16.4. The summed E-state index contributed by atoms with van der Waals surface area (Å²) in [6.07, 6.45) is 3.57. The van der Waals surface area contributed by atoms with Crippen molar-refractivity contribution in [3.05, 3.63) is 66.5 Å². The summed E-state index contributed by atoms with van der Waals surface area (Å²) in [5.41, 5.74) is 1.64. The molecular formula is C19H18N4O. The Bertz CT molecular complexity index is 857. The number of amides is 1. The minimum absolute atomic E-state index is 0.0847. The maximum Gasteiger partial charge on any atom is 0.253 e. The van der Waals surface area contributed by atoms with Gasteiger partial charge in [0.15, 0.2) is 0 Å². The van der Waals surface area contributed by atoms with E-state index in [0.717, 1.165) is 35.4 Å². The molecule has 0 saturated carbocycles. The predicted octanol–water partition coefficient (Wildman–Crippen LogP) is 2.59. The number of rotatable bonds is 2. The molecule has 0 bridgehead atoms. The Morgan fingerprint density at radius 2 is 1.71 bits per heavy atom. The largest absolute Gasteiger partial charge is 0.353 e. The van der Waals surface area contributed by atoms with Gasteiger partial charge in [0.2, 0.25) is 0 Å². The standard InChI is InChI=1S/C19H18N4O/c24-19(16-6-7-17-15(14-16)4-3-9-20-17)23-12-10-22(11-13-23)18-5-1-2-8-21-18/h1-9,14H,10-13H2. The second-order valence-electron chi connectivity index (χ2n) is 5.88. The fourth-order valence-corrected chi connectivity index (χ4v) is 3.07. The highest BCUT2D eigenvalue weighted by molar-refractivity contribution is 5.98. The maximum absolute atomic E-state index is 12.8. The van der Waals surface area contributed by atoms with Gasteiger partial charge in [0, 0.05) is 49.5 Å². The molecule has 24 heavy (non-hydrogen) atoms. The van der Waals surface area contributed by atoms with Crippen molar-refractivity contribution in [2.45, 2.75) is 0 Å². The highest BCUT2D eigenvalue weighted by Crippen LogP contribution is 2.17. The molecule has 0 unspecified atom stereocenters. The first-order valence-corrected chi connectivity index (χ1v) is 8.11. The van der Waals surface area contributed by atoms with Gasteiger partial charge in [-0.05, 0) is 36.4 Å². The zero-order valence-electron chi connectivity index (χ0n) is 13.3. The van der Waals surface area contributed by atoms with Crippen LogP contribution in [0.5, 0.6) is 0 Å². The van der Waals surface area contributed by atoms with E-state index in [1.54, 1.807) is 12.4 Å². The number of fused-ring (bicyclic) bond motifs is 1. The number of carbonyl (C=O) groups excluding carboxylic acids is 1. The number of piperazine rings is 1. The van der Waals surface area contributed by atoms with Crippen LogP contribution in [0.25, 0.3) is 10.9 Å². The van der Waals surface area contributed by atoms with Crippen molar-refractivity contribution in [1.29, 1.82) is 0 Å². The number of pyridine rings is 2. The van der Waals surface area contributed by atoms with Gasteiger partial charge < -0.3 is 9.80 Å². The average Bonchev–Trinajstić information content (AvgIpc) is 2.68. The van der Waals surface area contributed by atoms with E-state index >= 15 is 0 Å². The number of benzene rings is 1. The van der Waals surface area contributed by atoms with E-state index < -0.39 is 0 Å². The summed E-state index contributed by atoms with van der Waals surface area (Å²) in [6, 6.07) is 15.5. The van der Waals surface area contributed by atoms with Gasteiger partial charge >= 0.3 is 0 Å². The number of nitrogens with zero attached hydrogens (tertiary/aromatic N) is 4. The number of hydrogen-bond donors (Lipinski definition) is 0. The molecule has 3 aromatic rings. The van der Waals surface area contributed by atoms with Gasteiger partial charge in [0.25, 0.3) is 5.91 Å². The molecule has 0 spiro atoms. The van der Waals surface area contributed by atoms with Crippen molar-refractivity contribution >= 4 is 22.6 Å². The molecule has 1 fully saturated rings. The molecule has 1 aromatic carbocycles. The van der Waals surface area contributed by atoms with Gasteiger partial charge in [0.1, 0.15) is 5.82 Å². The summed E-state index contributed by atoms with van der Waals surface area (Å²) in [7, 11) is 0. The van der Waals surface area contributed by atoms with Crippen LogP contribution < -0.4 is 4.90 Å². The maximum atomic E-state index is 12.8. The Labute approximate surface area is 140 Å². The lowest BCUT2D eigenvalue weighted by Crippen LogP contribution is -2.49. The van der Waals surface area contributed by atoms with Crippen LogP contribution in [0.4, 0.5) is 5.82 Å². The van der Waals surface area contributed by atoms with Crippen molar-refractivity contribution in [3.63, 3.8) is 0 Å². The van der Waals surface area contributed by atoms with Gasteiger partial charge in [0.05, 0.1) is 5.52 Å². The number of anilines is 1. The SMILES string of the molecule is O=C(c1ccc2ncccc2c1)N1CCN(c2ccccn2)CC1. The number of carbonyl (C=O) groups is 1. The minimum atomic E-state index is 0.0847. The first kappa shape index (κ1) is 14.6. The first-order valence-electron chi connectivity index (χ1n) is 8.11. The first-order chi connectivity index (χ1) is 11.8. The summed E-state index contributed by atoms with van der Waals surface area (Å²) < 4.78 is 0. The van der Waals surface area contributed by atoms with Crippen LogP contribution in [0, 0.1) is 0 Å². The Morgan fingerprint density at radius 1 is 0.875 bits per heavy atom. The molecule has 1 aliphatic heterocycles. The Morgan fingerprint density at radius 3 is 2.50 bits per heavy atom. The van der Waals surface area contributed by atoms with Gasteiger partial charge in [-0.15, -0.1) is 0 Å². The summed E-state index contributed by atoms with van der Waals surface area (Å²) in [5, 5.41) is 0.996. The number of aromatic nitrogens is 2. The number of hydrogen-bond acceptors (Lipinski definition) is 4. The van der Waals surface area contributed by atoms with E-state index in [9.17, 15) is 4.79 Å². The Balaban J connectivity index is 1.47. The fourth-order valence-electron chi connectivity index (χ4n) is 3.07. The van der Waals surface area contributed by atoms with E-state index in [2.05, 4.69) is 14.9 Å². The third kappa shape index (κ3) is 2.80.